The predicted molar refractivity (Wildman–Crippen MR) is 77.8 cm³/mol. The lowest BCUT2D eigenvalue weighted by atomic mass is 9.82. The van der Waals surface area contributed by atoms with Crippen molar-refractivity contribution in [3.05, 3.63) is 40.9 Å². The predicted octanol–water partition coefficient (Wildman–Crippen LogP) is 3.25. The van der Waals surface area contributed by atoms with Crippen molar-refractivity contribution in [2.24, 2.45) is 11.8 Å². The highest BCUT2D eigenvalue weighted by molar-refractivity contribution is 6.34. The van der Waals surface area contributed by atoms with Crippen LogP contribution in [0.5, 0.6) is 0 Å². The molecule has 2 unspecified atom stereocenters. The summed E-state index contributed by atoms with van der Waals surface area (Å²) in [4.78, 5) is 23.5. The van der Waals surface area contributed by atoms with Gasteiger partial charge in [0.15, 0.2) is 0 Å². The second kappa shape index (κ2) is 6.09. The van der Waals surface area contributed by atoms with E-state index in [1.54, 1.807) is 12.1 Å². The number of amides is 1. The molecule has 0 aliphatic heterocycles. The van der Waals surface area contributed by atoms with Crippen molar-refractivity contribution in [2.75, 3.05) is 5.32 Å². The number of allylic oxidation sites excluding steroid dienone is 2. The Morgan fingerprint density at radius 3 is 2.50 bits per heavy atom. The molecule has 20 heavy (non-hydrogen) atoms. The molecule has 0 fully saturated rings. The fourth-order valence-electron chi connectivity index (χ4n) is 2.38. The van der Waals surface area contributed by atoms with Gasteiger partial charge in [0.25, 0.3) is 0 Å². The highest BCUT2D eigenvalue weighted by atomic mass is 35.5. The van der Waals surface area contributed by atoms with Gasteiger partial charge in [0.1, 0.15) is 0 Å². The first-order chi connectivity index (χ1) is 9.50. The number of nitrogens with one attached hydrogen (secondary N) is 1. The molecule has 0 radical (unpaired) electrons. The van der Waals surface area contributed by atoms with Crippen molar-refractivity contribution < 1.29 is 14.7 Å². The zero-order valence-electron chi connectivity index (χ0n) is 11.1. The first-order valence-electron chi connectivity index (χ1n) is 6.44. The maximum Gasteiger partial charge on any atom is 0.307 e. The molecule has 1 aromatic rings. The standard InChI is InChI=1S/C15H16ClNO3/c1-9-5-4-8-12(16)13(9)17-14(18)10-6-2-3-7-11(10)15(19)20/h2-5,8,10-11H,6-7H2,1H3,(H,17,18)(H,19,20). The highest BCUT2D eigenvalue weighted by Gasteiger charge is 2.34. The number of carbonyl (C=O) groups is 2. The van der Waals surface area contributed by atoms with Gasteiger partial charge in [-0.2, -0.15) is 0 Å². The Bertz CT molecular complexity index is 548. The monoisotopic (exact) mass is 293 g/mol. The molecule has 0 saturated carbocycles. The smallest absolute Gasteiger partial charge is 0.307 e. The molecule has 4 nitrogen and oxygen atoms in total. The van der Waals surface area contributed by atoms with E-state index in [-0.39, 0.29) is 5.91 Å². The molecule has 0 spiro atoms. The van der Waals surface area contributed by atoms with Gasteiger partial charge in [0.05, 0.1) is 22.5 Å². The number of carboxylic acids is 1. The fraction of sp³-hybridized carbons (Fsp3) is 0.333. The fourth-order valence-corrected chi connectivity index (χ4v) is 2.65. The minimum absolute atomic E-state index is 0.294. The SMILES string of the molecule is Cc1cccc(Cl)c1NC(=O)C1CC=CCC1C(=O)O. The first kappa shape index (κ1) is 14.6. The Morgan fingerprint density at radius 2 is 1.90 bits per heavy atom. The quantitative estimate of drug-likeness (QED) is 0.841. The molecule has 0 aromatic heterocycles. The largest absolute Gasteiger partial charge is 0.481 e. The number of halogens is 1. The lowest BCUT2D eigenvalue weighted by Gasteiger charge is -2.24. The van der Waals surface area contributed by atoms with Crippen LogP contribution in [0.2, 0.25) is 5.02 Å². The van der Waals surface area contributed by atoms with E-state index in [1.807, 2.05) is 25.1 Å². The number of carboxylic acid groups (broad SMARTS) is 1. The summed E-state index contributed by atoms with van der Waals surface area (Å²) in [6.45, 7) is 1.84. The molecule has 2 N–H and O–H groups in total. The third-order valence-electron chi connectivity index (χ3n) is 3.56. The van der Waals surface area contributed by atoms with Gasteiger partial charge in [0, 0.05) is 0 Å². The van der Waals surface area contributed by atoms with Gasteiger partial charge < -0.3 is 10.4 Å². The highest BCUT2D eigenvalue weighted by Crippen LogP contribution is 2.30. The molecule has 1 aromatic carbocycles. The minimum Gasteiger partial charge on any atom is -0.481 e. The van der Waals surface area contributed by atoms with Gasteiger partial charge in [-0.1, -0.05) is 35.9 Å². The van der Waals surface area contributed by atoms with E-state index in [0.29, 0.717) is 23.6 Å². The van der Waals surface area contributed by atoms with E-state index < -0.39 is 17.8 Å². The Hall–Kier alpha value is -1.81. The van der Waals surface area contributed by atoms with Crippen molar-refractivity contribution in [1.29, 1.82) is 0 Å². The van der Waals surface area contributed by atoms with Crippen molar-refractivity contribution in [1.82, 2.24) is 0 Å². The van der Waals surface area contributed by atoms with Crippen LogP contribution in [-0.4, -0.2) is 17.0 Å². The number of anilines is 1. The molecule has 0 saturated heterocycles. The van der Waals surface area contributed by atoms with E-state index in [2.05, 4.69) is 5.32 Å². The number of hydrogen-bond acceptors (Lipinski definition) is 2. The zero-order valence-corrected chi connectivity index (χ0v) is 11.9. The molecule has 2 atom stereocenters. The van der Waals surface area contributed by atoms with Crippen molar-refractivity contribution >= 4 is 29.2 Å². The molecular formula is C15H16ClNO3. The summed E-state index contributed by atoms with van der Waals surface area (Å²) in [5.74, 6) is -2.47. The summed E-state index contributed by atoms with van der Waals surface area (Å²) in [5, 5.41) is 12.4. The maximum atomic E-state index is 12.3. The van der Waals surface area contributed by atoms with E-state index in [1.165, 1.54) is 0 Å². The normalized spacial score (nSPS) is 21.5. The van der Waals surface area contributed by atoms with Crippen LogP contribution in [0.3, 0.4) is 0 Å². The van der Waals surface area contributed by atoms with E-state index in [0.717, 1.165) is 5.56 Å². The van der Waals surface area contributed by atoms with Crippen LogP contribution in [0.15, 0.2) is 30.4 Å². The second-order valence-corrected chi connectivity index (χ2v) is 5.32. The number of aliphatic carboxylic acids is 1. The average Bonchev–Trinajstić information content (AvgIpc) is 2.43. The molecular weight excluding hydrogens is 278 g/mol. The number of rotatable bonds is 3. The molecule has 0 bridgehead atoms. The molecule has 2 rings (SSSR count). The summed E-state index contributed by atoms with van der Waals surface area (Å²) < 4.78 is 0. The van der Waals surface area contributed by atoms with Crippen LogP contribution in [0.1, 0.15) is 18.4 Å². The zero-order chi connectivity index (χ0) is 14.7. The molecule has 0 heterocycles. The van der Waals surface area contributed by atoms with Crippen LogP contribution >= 0.6 is 11.6 Å². The molecule has 5 heteroatoms. The molecule has 106 valence electrons. The van der Waals surface area contributed by atoms with Gasteiger partial charge in [-0.05, 0) is 31.4 Å². The molecule has 1 aliphatic carbocycles. The van der Waals surface area contributed by atoms with E-state index >= 15 is 0 Å². The third-order valence-corrected chi connectivity index (χ3v) is 3.87. The summed E-state index contributed by atoms with van der Waals surface area (Å²) in [5.41, 5.74) is 1.40. The lowest BCUT2D eigenvalue weighted by Crippen LogP contribution is -2.34. The number of carbonyl (C=O) groups excluding carboxylic acids is 1. The van der Waals surface area contributed by atoms with Crippen LogP contribution in [0.4, 0.5) is 5.69 Å². The van der Waals surface area contributed by atoms with Crippen molar-refractivity contribution in [2.45, 2.75) is 19.8 Å². The van der Waals surface area contributed by atoms with Crippen molar-refractivity contribution in [3.63, 3.8) is 0 Å². The number of aryl methyl sites for hydroxylation is 1. The number of hydrogen-bond donors (Lipinski definition) is 2. The average molecular weight is 294 g/mol. The number of benzene rings is 1. The van der Waals surface area contributed by atoms with Gasteiger partial charge in [-0.25, -0.2) is 0 Å². The van der Waals surface area contributed by atoms with Gasteiger partial charge >= 0.3 is 5.97 Å². The topological polar surface area (TPSA) is 66.4 Å². The van der Waals surface area contributed by atoms with E-state index in [9.17, 15) is 14.7 Å². The van der Waals surface area contributed by atoms with E-state index in [4.69, 9.17) is 11.6 Å². The molecule has 1 amide bonds. The Morgan fingerprint density at radius 1 is 1.25 bits per heavy atom. The van der Waals surface area contributed by atoms with Crippen LogP contribution in [0.25, 0.3) is 0 Å². The van der Waals surface area contributed by atoms with Gasteiger partial charge in [-0.3, -0.25) is 9.59 Å². The lowest BCUT2D eigenvalue weighted by molar-refractivity contribution is -0.146. The van der Waals surface area contributed by atoms with Crippen LogP contribution in [0, 0.1) is 18.8 Å². The van der Waals surface area contributed by atoms with Crippen LogP contribution in [-0.2, 0) is 9.59 Å². The Balaban J connectivity index is 2.19. The van der Waals surface area contributed by atoms with Gasteiger partial charge in [0.2, 0.25) is 5.91 Å². The summed E-state index contributed by atoms with van der Waals surface area (Å²) in [6.07, 6.45) is 4.48. The summed E-state index contributed by atoms with van der Waals surface area (Å²) in [7, 11) is 0. The van der Waals surface area contributed by atoms with Gasteiger partial charge in [-0.15, -0.1) is 0 Å². The summed E-state index contributed by atoms with van der Waals surface area (Å²) >= 11 is 6.07. The third kappa shape index (κ3) is 3.02. The number of para-hydroxylation sites is 1. The second-order valence-electron chi connectivity index (χ2n) is 4.92. The first-order valence-corrected chi connectivity index (χ1v) is 6.82. The van der Waals surface area contributed by atoms with Crippen LogP contribution < -0.4 is 5.32 Å². The molecule has 1 aliphatic rings. The Labute approximate surface area is 122 Å². The maximum absolute atomic E-state index is 12.3. The minimum atomic E-state index is -0.939. The Kier molecular flexibility index (Phi) is 4.45. The summed E-state index contributed by atoms with van der Waals surface area (Å²) in [6, 6.07) is 5.34. The van der Waals surface area contributed by atoms with Crippen molar-refractivity contribution in [3.8, 4) is 0 Å².